The molecule has 0 unspecified atom stereocenters. The lowest BCUT2D eigenvalue weighted by Gasteiger charge is -2.24. The van der Waals surface area contributed by atoms with E-state index < -0.39 is 66.2 Å². The predicted octanol–water partition coefficient (Wildman–Crippen LogP) is 5.01. The number of aryl methyl sites for hydroxylation is 2. The molecule has 3 heterocycles. The van der Waals surface area contributed by atoms with Gasteiger partial charge >= 0.3 is 12.4 Å². The fraction of sp³-hybridized carbons (Fsp3) is 0.407. The molecule has 5 atom stereocenters. The van der Waals surface area contributed by atoms with Crippen LogP contribution in [0, 0.1) is 19.8 Å². The third kappa shape index (κ3) is 6.23. The van der Waals surface area contributed by atoms with E-state index >= 15 is 0 Å². The third-order valence-electron chi connectivity index (χ3n) is 7.32. The summed E-state index contributed by atoms with van der Waals surface area (Å²) in [6.07, 6.45) is -10.5. The molecule has 1 aliphatic carbocycles. The molecule has 0 aliphatic heterocycles. The largest absolute Gasteiger partial charge is 0.416 e. The van der Waals surface area contributed by atoms with Gasteiger partial charge in [0.2, 0.25) is 5.95 Å². The monoisotopic (exact) mass is 628 g/mol. The quantitative estimate of drug-likeness (QED) is 0.179. The van der Waals surface area contributed by atoms with Crippen molar-refractivity contribution in [2.24, 2.45) is 5.92 Å². The van der Waals surface area contributed by atoms with Gasteiger partial charge in [-0.3, -0.25) is 4.98 Å². The third-order valence-corrected chi connectivity index (χ3v) is 8.36. The van der Waals surface area contributed by atoms with Gasteiger partial charge in [-0.25, -0.2) is 9.97 Å². The number of hydrogen-bond donors (Lipinski definition) is 5. The van der Waals surface area contributed by atoms with Gasteiger partial charge < -0.3 is 26.0 Å². The molecule has 0 amide bonds. The van der Waals surface area contributed by atoms with E-state index in [2.05, 4.69) is 30.6 Å². The Bertz CT molecular complexity index is 1610. The Balaban J connectivity index is 1.57. The van der Waals surface area contributed by atoms with Crippen LogP contribution in [0.15, 0.2) is 36.5 Å². The van der Waals surface area contributed by atoms with E-state index in [0.29, 0.717) is 33.9 Å². The Labute approximate surface area is 244 Å². The van der Waals surface area contributed by atoms with Crippen LogP contribution in [0.3, 0.4) is 0 Å². The second-order valence-electron chi connectivity index (χ2n) is 10.3. The number of nitrogens with one attached hydrogen (secondary N) is 2. The molecule has 1 saturated carbocycles. The molecule has 1 aliphatic rings. The number of pyridine rings is 1. The van der Waals surface area contributed by atoms with Crippen molar-refractivity contribution in [2.75, 3.05) is 17.2 Å². The second kappa shape index (κ2) is 11.5. The van der Waals surface area contributed by atoms with Crippen LogP contribution in [0.1, 0.15) is 35.0 Å². The molecule has 0 radical (unpaired) electrons. The fourth-order valence-electron chi connectivity index (χ4n) is 5.06. The average molecular weight is 629 g/mol. The van der Waals surface area contributed by atoms with E-state index in [1.54, 1.807) is 19.2 Å². The van der Waals surface area contributed by atoms with E-state index in [9.17, 15) is 41.7 Å². The van der Waals surface area contributed by atoms with Gasteiger partial charge in [-0.15, -0.1) is 11.3 Å². The summed E-state index contributed by atoms with van der Waals surface area (Å²) in [5, 5.41) is 36.2. The van der Waals surface area contributed by atoms with E-state index in [1.165, 1.54) is 18.3 Å². The van der Waals surface area contributed by atoms with Crippen LogP contribution in [0.2, 0.25) is 0 Å². The fourth-order valence-corrected chi connectivity index (χ4v) is 6.17. The summed E-state index contributed by atoms with van der Waals surface area (Å²) in [7, 11) is 0. The molecule has 5 N–H and O–H groups in total. The van der Waals surface area contributed by atoms with Crippen molar-refractivity contribution in [3.63, 3.8) is 0 Å². The summed E-state index contributed by atoms with van der Waals surface area (Å²) < 4.78 is 82.3. The zero-order valence-corrected chi connectivity index (χ0v) is 23.4. The van der Waals surface area contributed by atoms with Crippen LogP contribution in [0.5, 0.6) is 0 Å². The van der Waals surface area contributed by atoms with Gasteiger partial charge in [-0.05, 0) is 44.0 Å². The molecule has 5 rings (SSSR count). The molecule has 1 fully saturated rings. The van der Waals surface area contributed by atoms with Crippen molar-refractivity contribution < 1.29 is 41.7 Å². The van der Waals surface area contributed by atoms with Crippen molar-refractivity contribution in [1.29, 1.82) is 0 Å². The van der Waals surface area contributed by atoms with Crippen molar-refractivity contribution in [1.82, 2.24) is 19.9 Å². The first-order valence-corrected chi connectivity index (χ1v) is 13.8. The molecule has 0 bridgehead atoms. The number of aliphatic hydroxyl groups excluding tert-OH is 3. The number of benzene rings is 1. The highest BCUT2D eigenvalue weighted by Gasteiger charge is 2.43. The smallest absolute Gasteiger partial charge is 0.396 e. The van der Waals surface area contributed by atoms with E-state index in [4.69, 9.17) is 0 Å². The van der Waals surface area contributed by atoms with E-state index in [-0.39, 0.29) is 17.9 Å². The Morgan fingerprint density at radius 2 is 1.65 bits per heavy atom. The number of fused-ring (bicyclic) bond motifs is 1. The normalized spacial score (nSPS) is 21.7. The van der Waals surface area contributed by atoms with Crippen molar-refractivity contribution in [3.8, 4) is 10.6 Å². The van der Waals surface area contributed by atoms with Crippen molar-refractivity contribution in [2.45, 2.75) is 56.9 Å². The zero-order valence-electron chi connectivity index (χ0n) is 22.6. The van der Waals surface area contributed by atoms with Gasteiger partial charge in [0.05, 0.1) is 39.4 Å². The van der Waals surface area contributed by atoms with Gasteiger partial charge in [-0.2, -0.15) is 31.3 Å². The molecule has 230 valence electrons. The summed E-state index contributed by atoms with van der Waals surface area (Å²) in [6.45, 7) is 2.90. The maximum atomic E-state index is 14.2. The van der Waals surface area contributed by atoms with Gasteiger partial charge in [0.25, 0.3) is 0 Å². The SMILES string of the molecule is Cc1nc(N[C@H](c2ccc(C(F)(F)F)cc2)C(F)(F)F)nc(N[C@@H]2C[C@H](CO)[C@@H](O)[C@H]2O)c1-c1nc2c(C)nccc2s1. The number of alkyl halides is 6. The van der Waals surface area contributed by atoms with Crippen molar-refractivity contribution >= 4 is 33.3 Å². The average Bonchev–Trinajstić information content (AvgIpc) is 3.48. The Hall–Kier alpha value is -3.60. The summed E-state index contributed by atoms with van der Waals surface area (Å²) in [4.78, 5) is 17.4. The number of nitrogens with zero attached hydrogens (tertiary/aromatic N) is 4. The Morgan fingerprint density at radius 1 is 0.953 bits per heavy atom. The molecule has 0 spiro atoms. The zero-order chi connectivity index (χ0) is 31.3. The number of halogens is 6. The van der Waals surface area contributed by atoms with Crippen LogP contribution in [0.4, 0.5) is 38.1 Å². The van der Waals surface area contributed by atoms with Crippen molar-refractivity contribution in [3.05, 3.63) is 59.0 Å². The summed E-state index contributed by atoms with van der Waals surface area (Å²) >= 11 is 1.27. The van der Waals surface area contributed by atoms with Gasteiger partial charge in [0.15, 0.2) is 6.04 Å². The van der Waals surface area contributed by atoms with Gasteiger partial charge in [-0.1, -0.05) is 12.1 Å². The first-order chi connectivity index (χ1) is 20.2. The molecular weight excluding hydrogens is 602 g/mol. The predicted molar refractivity (Wildman–Crippen MR) is 146 cm³/mol. The lowest BCUT2D eigenvalue weighted by molar-refractivity contribution is -0.144. The number of hydrogen-bond acceptors (Lipinski definition) is 10. The molecule has 43 heavy (non-hydrogen) atoms. The second-order valence-corrected chi connectivity index (χ2v) is 11.3. The number of aliphatic hydroxyl groups is 3. The number of rotatable bonds is 7. The highest BCUT2D eigenvalue weighted by Crippen LogP contribution is 2.41. The first-order valence-electron chi connectivity index (χ1n) is 13.0. The highest BCUT2D eigenvalue weighted by molar-refractivity contribution is 7.21. The summed E-state index contributed by atoms with van der Waals surface area (Å²) in [6, 6.07) is 1.05. The number of aromatic nitrogens is 4. The van der Waals surface area contributed by atoms with Crippen LogP contribution in [-0.2, 0) is 6.18 Å². The first kappa shape index (κ1) is 30.8. The molecule has 9 nitrogen and oxygen atoms in total. The molecule has 4 aromatic rings. The topological polar surface area (TPSA) is 136 Å². The minimum Gasteiger partial charge on any atom is -0.396 e. The van der Waals surface area contributed by atoms with Crippen LogP contribution in [0.25, 0.3) is 20.8 Å². The Morgan fingerprint density at radius 3 is 2.23 bits per heavy atom. The standard InChI is InChI=1S/C27H26F6N6O3S/c1-11-18(24-37-19-12(2)34-8-7-17(19)43-24)23(36-16-9-14(10-40)20(41)21(16)42)39-25(35-11)38-22(27(31,32)33)13-3-5-15(6-4-13)26(28,29)30/h3-8,14,16,20-22,40-42H,9-10H2,1-2H3,(H2,35,36,38,39)/t14-,16-,20-,21+,22-/m1/s1. The molecule has 0 saturated heterocycles. The van der Waals surface area contributed by atoms with E-state index in [0.717, 1.165) is 16.8 Å². The van der Waals surface area contributed by atoms with Gasteiger partial charge in [0.1, 0.15) is 22.4 Å². The highest BCUT2D eigenvalue weighted by atomic mass is 32.1. The maximum Gasteiger partial charge on any atom is 0.416 e. The number of thiazole rings is 1. The van der Waals surface area contributed by atoms with E-state index in [1.807, 2.05) is 0 Å². The molecule has 3 aromatic heterocycles. The lowest BCUT2D eigenvalue weighted by atomic mass is 10.0. The molecule has 1 aromatic carbocycles. The Kier molecular flexibility index (Phi) is 8.24. The van der Waals surface area contributed by atoms with Crippen LogP contribution in [-0.4, -0.2) is 66.3 Å². The lowest BCUT2D eigenvalue weighted by Crippen LogP contribution is -2.36. The van der Waals surface area contributed by atoms with Crippen LogP contribution >= 0.6 is 11.3 Å². The minimum absolute atomic E-state index is 0.00264. The summed E-state index contributed by atoms with van der Waals surface area (Å²) in [5.41, 5.74) is 0.208. The minimum atomic E-state index is -4.94. The maximum absolute atomic E-state index is 14.2. The molecular formula is C27H26F6N6O3S. The van der Waals surface area contributed by atoms with Crippen LogP contribution < -0.4 is 10.6 Å². The summed E-state index contributed by atoms with van der Waals surface area (Å²) in [5.74, 6) is -1.14. The van der Waals surface area contributed by atoms with Gasteiger partial charge in [0, 0.05) is 18.7 Å². The molecule has 16 heteroatoms. The number of anilines is 2.